The van der Waals surface area contributed by atoms with Crippen LogP contribution in [0.15, 0.2) is 18.2 Å². The van der Waals surface area contributed by atoms with Gasteiger partial charge < -0.3 is 10.1 Å². The molecule has 1 heterocycles. The van der Waals surface area contributed by atoms with Crippen LogP contribution < -0.4 is 5.32 Å². The van der Waals surface area contributed by atoms with Gasteiger partial charge in [-0.1, -0.05) is 18.5 Å². The Morgan fingerprint density at radius 3 is 2.78 bits per heavy atom. The fraction of sp³-hybridized carbons (Fsp3) is 0.500. The number of hydrogen-bond donors (Lipinski definition) is 1. The summed E-state index contributed by atoms with van der Waals surface area (Å²) in [5, 5.41) is 3.65. The smallest absolute Gasteiger partial charge is 0.251 e. The van der Waals surface area contributed by atoms with Gasteiger partial charge in [-0.15, -0.1) is 0 Å². The number of nitrogens with one attached hydrogen (secondary N) is 1. The molecule has 1 aliphatic rings. The Bertz CT molecular complexity index is 428. The van der Waals surface area contributed by atoms with Crippen LogP contribution in [0.5, 0.6) is 0 Å². The molecule has 0 aliphatic carbocycles. The minimum atomic E-state index is -0.0425. The van der Waals surface area contributed by atoms with Crippen LogP contribution in [0.3, 0.4) is 0 Å². The third-order valence-corrected chi connectivity index (χ3v) is 3.40. The standard InChI is InChI=1S/C14H18ClNO2/c1-2-10-7-11(9-12(15)8-10)14(17)16-13-3-5-18-6-4-13/h7-9,13H,2-6H2,1H3,(H,16,17). The van der Waals surface area contributed by atoms with Gasteiger partial charge in [0.1, 0.15) is 0 Å². The number of aryl methyl sites for hydroxylation is 1. The Balaban J connectivity index is 2.05. The summed E-state index contributed by atoms with van der Waals surface area (Å²) in [6.07, 6.45) is 2.64. The van der Waals surface area contributed by atoms with Gasteiger partial charge >= 0.3 is 0 Å². The van der Waals surface area contributed by atoms with E-state index in [2.05, 4.69) is 5.32 Å². The lowest BCUT2D eigenvalue weighted by Crippen LogP contribution is -2.38. The molecule has 0 spiro atoms. The molecule has 18 heavy (non-hydrogen) atoms. The first-order valence-corrected chi connectivity index (χ1v) is 6.75. The molecule has 2 rings (SSSR count). The van der Waals surface area contributed by atoms with Crippen molar-refractivity contribution in [2.75, 3.05) is 13.2 Å². The largest absolute Gasteiger partial charge is 0.381 e. The van der Waals surface area contributed by atoms with Crippen LogP contribution in [-0.2, 0) is 11.2 Å². The van der Waals surface area contributed by atoms with Crippen LogP contribution >= 0.6 is 11.6 Å². The first-order valence-electron chi connectivity index (χ1n) is 6.37. The molecule has 1 amide bonds. The minimum absolute atomic E-state index is 0.0425. The Hall–Kier alpha value is -1.06. The normalized spacial score (nSPS) is 16.6. The quantitative estimate of drug-likeness (QED) is 0.915. The lowest BCUT2D eigenvalue weighted by Gasteiger charge is -2.23. The summed E-state index contributed by atoms with van der Waals surface area (Å²) in [7, 11) is 0. The summed E-state index contributed by atoms with van der Waals surface area (Å²) in [5.74, 6) is -0.0425. The summed E-state index contributed by atoms with van der Waals surface area (Å²) in [5.41, 5.74) is 1.73. The fourth-order valence-corrected chi connectivity index (χ4v) is 2.35. The summed E-state index contributed by atoms with van der Waals surface area (Å²) < 4.78 is 5.27. The van der Waals surface area contributed by atoms with Crippen LogP contribution in [0.4, 0.5) is 0 Å². The van der Waals surface area contributed by atoms with Crippen LogP contribution in [0.25, 0.3) is 0 Å². The molecule has 0 saturated carbocycles. The molecule has 3 nitrogen and oxygen atoms in total. The summed E-state index contributed by atoms with van der Waals surface area (Å²) in [4.78, 5) is 12.1. The van der Waals surface area contributed by atoms with Crippen LogP contribution in [0, 0.1) is 0 Å². The molecule has 0 bridgehead atoms. The number of amides is 1. The first kappa shape index (κ1) is 13.4. The van der Waals surface area contributed by atoms with Gasteiger partial charge in [-0.2, -0.15) is 0 Å². The average Bonchev–Trinajstić information content (AvgIpc) is 2.39. The Morgan fingerprint density at radius 1 is 1.39 bits per heavy atom. The van der Waals surface area contributed by atoms with E-state index in [1.807, 2.05) is 19.1 Å². The van der Waals surface area contributed by atoms with Crippen molar-refractivity contribution >= 4 is 17.5 Å². The summed E-state index contributed by atoms with van der Waals surface area (Å²) >= 11 is 6.02. The molecule has 0 unspecified atom stereocenters. The van der Waals surface area contributed by atoms with Gasteiger partial charge in [-0.25, -0.2) is 0 Å². The van der Waals surface area contributed by atoms with Crippen molar-refractivity contribution in [1.29, 1.82) is 0 Å². The van der Waals surface area contributed by atoms with Gasteiger partial charge in [0, 0.05) is 29.8 Å². The number of carbonyl (C=O) groups is 1. The van der Waals surface area contributed by atoms with Crippen molar-refractivity contribution in [1.82, 2.24) is 5.32 Å². The van der Waals surface area contributed by atoms with E-state index in [4.69, 9.17) is 16.3 Å². The van der Waals surface area contributed by atoms with E-state index >= 15 is 0 Å². The number of ether oxygens (including phenoxy) is 1. The average molecular weight is 268 g/mol. The van der Waals surface area contributed by atoms with E-state index in [-0.39, 0.29) is 11.9 Å². The second-order valence-corrected chi connectivity index (χ2v) is 5.00. The molecular weight excluding hydrogens is 250 g/mol. The number of halogens is 1. The number of carbonyl (C=O) groups excluding carboxylic acids is 1. The van der Waals surface area contributed by atoms with Crippen molar-refractivity contribution < 1.29 is 9.53 Å². The molecule has 98 valence electrons. The SMILES string of the molecule is CCc1cc(Cl)cc(C(=O)NC2CCOCC2)c1. The van der Waals surface area contributed by atoms with Crippen LogP contribution in [0.1, 0.15) is 35.7 Å². The molecule has 1 N–H and O–H groups in total. The minimum Gasteiger partial charge on any atom is -0.381 e. The zero-order valence-electron chi connectivity index (χ0n) is 10.5. The highest BCUT2D eigenvalue weighted by Crippen LogP contribution is 2.16. The van der Waals surface area contributed by atoms with Gasteiger partial charge in [0.2, 0.25) is 0 Å². The van der Waals surface area contributed by atoms with Gasteiger partial charge in [0.05, 0.1) is 0 Å². The monoisotopic (exact) mass is 267 g/mol. The van der Waals surface area contributed by atoms with E-state index < -0.39 is 0 Å². The Labute approximate surface area is 112 Å². The maximum Gasteiger partial charge on any atom is 0.251 e. The zero-order chi connectivity index (χ0) is 13.0. The molecule has 1 saturated heterocycles. The van der Waals surface area contributed by atoms with Crippen molar-refractivity contribution in [2.45, 2.75) is 32.2 Å². The molecule has 1 aliphatic heterocycles. The fourth-order valence-electron chi connectivity index (χ4n) is 2.10. The van der Waals surface area contributed by atoms with E-state index in [0.29, 0.717) is 10.6 Å². The molecule has 0 atom stereocenters. The Kier molecular flexibility index (Phi) is 4.61. The van der Waals surface area contributed by atoms with Crippen molar-refractivity contribution in [3.05, 3.63) is 34.3 Å². The summed E-state index contributed by atoms with van der Waals surface area (Å²) in [6.45, 7) is 3.49. The second kappa shape index (κ2) is 6.21. The highest BCUT2D eigenvalue weighted by Gasteiger charge is 2.17. The highest BCUT2D eigenvalue weighted by molar-refractivity contribution is 6.31. The number of rotatable bonds is 3. The molecule has 1 fully saturated rings. The maximum absolute atomic E-state index is 12.1. The zero-order valence-corrected chi connectivity index (χ0v) is 11.3. The van der Waals surface area contributed by atoms with E-state index in [1.165, 1.54) is 0 Å². The van der Waals surface area contributed by atoms with Crippen molar-refractivity contribution in [2.24, 2.45) is 0 Å². The maximum atomic E-state index is 12.1. The molecule has 0 radical (unpaired) electrons. The highest BCUT2D eigenvalue weighted by atomic mass is 35.5. The van der Waals surface area contributed by atoms with E-state index in [0.717, 1.165) is 38.0 Å². The van der Waals surface area contributed by atoms with E-state index in [9.17, 15) is 4.79 Å². The number of hydrogen-bond acceptors (Lipinski definition) is 2. The number of benzene rings is 1. The summed E-state index contributed by atoms with van der Waals surface area (Å²) in [6, 6.07) is 5.73. The van der Waals surface area contributed by atoms with Gasteiger partial charge in [-0.05, 0) is 43.0 Å². The third-order valence-electron chi connectivity index (χ3n) is 3.18. The molecular formula is C14H18ClNO2. The van der Waals surface area contributed by atoms with Gasteiger partial charge in [-0.3, -0.25) is 4.79 Å². The van der Waals surface area contributed by atoms with Crippen LogP contribution in [0.2, 0.25) is 5.02 Å². The second-order valence-electron chi connectivity index (χ2n) is 4.56. The lowest BCUT2D eigenvalue weighted by molar-refractivity contribution is 0.0696. The topological polar surface area (TPSA) is 38.3 Å². The molecule has 1 aromatic rings. The predicted octanol–water partition coefficient (Wildman–Crippen LogP) is 2.81. The molecule has 1 aromatic carbocycles. The lowest BCUT2D eigenvalue weighted by atomic mass is 10.1. The van der Waals surface area contributed by atoms with Gasteiger partial charge in [0.25, 0.3) is 5.91 Å². The molecule has 4 heteroatoms. The third kappa shape index (κ3) is 3.47. The Morgan fingerprint density at radius 2 is 2.11 bits per heavy atom. The van der Waals surface area contributed by atoms with Crippen molar-refractivity contribution in [3.8, 4) is 0 Å². The predicted molar refractivity (Wildman–Crippen MR) is 72.1 cm³/mol. The first-order chi connectivity index (χ1) is 8.69. The van der Waals surface area contributed by atoms with Crippen molar-refractivity contribution in [3.63, 3.8) is 0 Å². The van der Waals surface area contributed by atoms with Crippen LogP contribution in [-0.4, -0.2) is 25.2 Å². The van der Waals surface area contributed by atoms with Gasteiger partial charge in [0.15, 0.2) is 0 Å². The van der Waals surface area contributed by atoms with E-state index in [1.54, 1.807) is 6.07 Å². The molecule has 0 aromatic heterocycles.